The fourth-order valence-electron chi connectivity index (χ4n) is 3.49. The first-order valence-corrected chi connectivity index (χ1v) is 8.24. The molecular formula is C18H18N2O4. The van der Waals surface area contributed by atoms with E-state index in [0.717, 1.165) is 29.7 Å². The molecule has 24 heavy (non-hydrogen) atoms. The van der Waals surface area contributed by atoms with Crippen molar-refractivity contribution >= 4 is 23.5 Å². The van der Waals surface area contributed by atoms with Gasteiger partial charge in [0.1, 0.15) is 11.8 Å². The van der Waals surface area contributed by atoms with Crippen molar-refractivity contribution in [1.82, 2.24) is 10.2 Å². The van der Waals surface area contributed by atoms with E-state index in [1.807, 2.05) is 12.1 Å². The van der Waals surface area contributed by atoms with Crippen molar-refractivity contribution < 1.29 is 19.1 Å². The maximum Gasteiger partial charge on any atom is 0.255 e. The Kier molecular flexibility index (Phi) is 3.59. The number of carbonyl (C=O) groups is 3. The van der Waals surface area contributed by atoms with E-state index >= 15 is 0 Å². The first kappa shape index (κ1) is 14.9. The maximum absolute atomic E-state index is 12.6. The fourth-order valence-corrected chi connectivity index (χ4v) is 3.49. The van der Waals surface area contributed by atoms with Crippen molar-refractivity contribution in [2.24, 2.45) is 0 Å². The zero-order chi connectivity index (χ0) is 16.7. The second-order valence-corrected chi connectivity index (χ2v) is 6.33. The highest BCUT2D eigenvalue weighted by atomic mass is 16.5. The topological polar surface area (TPSA) is 75.7 Å². The van der Waals surface area contributed by atoms with E-state index in [1.165, 1.54) is 0 Å². The van der Waals surface area contributed by atoms with Crippen LogP contribution in [0.5, 0.6) is 0 Å². The molecule has 3 aliphatic rings. The molecule has 3 heterocycles. The van der Waals surface area contributed by atoms with Gasteiger partial charge in [-0.1, -0.05) is 6.07 Å². The minimum atomic E-state index is -0.573. The lowest BCUT2D eigenvalue weighted by atomic mass is 10.0. The van der Waals surface area contributed by atoms with Crippen LogP contribution >= 0.6 is 0 Å². The van der Waals surface area contributed by atoms with Crippen LogP contribution in [0.15, 0.2) is 24.3 Å². The van der Waals surface area contributed by atoms with E-state index < -0.39 is 6.04 Å². The summed E-state index contributed by atoms with van der Waals surface area (Å²) >= 11 is 0. The van der Waals surface area contributed by atoms with Gasteiger partial charge in [-0.2, -0.15) is 0 Å². The highest BCUT2D eigenvalue weighted by Gasteiger charge is 2.39. The number of carbonyl (C=O) groups excluding carboxylic acids is 3. The molecule has 1 fully saturated rings. The lowest BCUT2D eigenvalue weighted by Gasteiger charge is -2.29. The minimum absolute atomic E-state index is 0.149. The van der Waals surface area contributed by atoms with Gasteiger partial charge in [0.15, 0.2) is 0 Å². The van der Waals surface area contributed by atoms with E-state index in [2.05, 4.69) is 11.4 Å². The zero-order valence-electron chi connectivity index (χ0n) is 13.2. The Morgan fingerprint density at radius 2 is 2.08 bits per heavy atom. The Morgan fingerprint density at radius 1 is 1.21 bits per heavy atom. The van der Waals surface area contributed by atoms with Gasteiger partial charge in [0.05, 0.1) is 6.61 Å². The molecule has 6 heteroatoms. The summed E-state index contributed by atoms with van der Waals surface area (Å²) in [6.45, 7) is 1.10. The largest absolute Gasteiger partial charge is 0.493 e. The Morgan fingerprint density at radius 3 is 2.83 bits per heavy atom. The first-order valence-electron chi connectivity index (χ1n) is 8.24. The molecule has 1 N–H and O–H groups in total. The average molecular weight is 326 g/mol. The van der Waals surface area contributed by atoms with E-state index in [1.54, 1.807) is 11.0 Å². The summed E-state index contributed by atoms with van der Waals surface area (Å²) < 4.78 is 5.68. The quantitative estimate of drug-likeness (QED) is 0.838. The number of benzene rings is 1. The number of ether oxygens (including phenoxy) is 1. The van der Waals surface area contributed by atoms with Crippen molar-refractivity contribution in [1.29, 1.82) is 0 Å². The van der Waals surface area contributed by atoms with Gasteiger partial charge in [0, 0.05) is 24.1 Å². The van der Waals surface area contributed by atoms with Crippen LogP contribution in [-0.2, 0) is 20.9 Å². The monoisotopic (exact) mass is 326 g/mol. The van der Waals surface area contributed by atoms with E-state index in [-0.39, 0.29) is 24.1 Å². The van der Waals surface area contributed by atoms with Crippen LogP contribution in [0, 0.1) is 0 Å². The summed E-state index contributed by atoms with van der Waals surface area (Å²) in [4.78, 5) is 37.5. The predicted molar refractivity (Wildman–Crippen MR) is 85.7 cm³/mol. The molecule has 0 spiro atoms. The SMILES string of the molecule is O=C1CCC(N2Cc3cc(C4=CCCCO4)ccc3C2=O)C(=O)N1. The van der Waals surface area contributed by atoms with Crippen molar-refractivity contribution in [2.45, 2.75) is 38.3 Å². The number of nitrogens with one attached hydrogen (secondary N) is 1. The Balaban J connectivity index is 1.59. The van der Waals surface area contributed by atoms with Gasteiger partial charge in [-0.25, -0.2) is 0 Å². The maximum atomic E-state index is 12.6. The van der Waals surface area contributed by atoms with Gasteiger partial charge in [0.2, 0.25) is 11.8 Å². The number of amides is 3. The van der Waals surface area contributed by atoms with Crippen LogP contribution in [0.3, 0.4) is 0 Å². The predicted octanol–water partition coefficient (Wildman–Crippen LogP) is 1.60. The molecule has 1 saturated heterocycles. The summed E-state index contributed by atoms with van der Waals surface area (Å²) in [7, 11) is 0. The molecule has 3 aliphatic heterocycles. The minimum Gasteiger partial charge on any atom is -0.493 e. The van der Waals surface area contributed by atoms with E-state index in [4.69, 9.17) is 4.74 Å². The van der Waals surface area contributed by atoms with Crippen LogP contribution in [-0.4, -0.2) is 35.3 Å². The van der Waals surface area contributed by atoms with Gasteiger partial charge < -0.3 is 9.64 Å². The lowest BCUT2D eigenvalue weighted by Crippen LogP contribution is -2.52. The molecule has 1 atom stereocenters. The second kappa shape index (κ2) is 5.78. The number of rotatable bonds is 2. The van der Waals surface area contributed by atoms with Crippen LogP contribution in [0.25, 0.3) is 5.76 Å². The summed E-state index contributed by atoms with van der Waals surface area (Å²) in [5.74, 6) is 0.0515. The summed E-state index contributed by atoms with van der Waals surface area (Å²) in [6.07, 6.45) is 4.73. The number of allylic oxidation sites excluding steroid dienone is 1. The molecule has 1 aromatic rings. The molecule has 124 valence electrons. The Hall–Kier alpha value is -2.63. The third kappa shape index (κ3) is 2.48. The average Bonchev–Trinajstić information content (AvgIpc) is 2.92. The molecule has 1 unspecified atom stereocenters. The first-order chi connectivity index (χ1) is 11.6. The molecule has 0 radical (unpaired) electrons. The van der Waals surface area contributed by atoms with E-state index in [0.29, 0.717) is 25.1 Å². The number of hydrogen-bond acceptors (Lipinski definition) is 4. The third-order valence-corrected chi connectivity index (χ3v) is 4.74. The standard InChI is InChI=1S/C18H18N2O4/c21-16-7-6-14(17(22)19-16)20-10-12-9-11(4-5-13(12)18(20)23)15-3-1-2-8-24-15/h3-5,9,14H,1-2,6-8,10H2,(H,19,21,22). The highest BCUT2D eigenvalue weighted by molar-refractivity contribution is 6.05. The second-order valence-electron chi connectivity index (χ2n) is 6.33. The molecule has 0 aromatic heterocycles. The van der Waals surface area contributed by atoms with Crippen molar-refractivity contribution in [3.8, 4) is 0 Å². The van der Waals surface area contributed by atoms with Crippen molar-refractivity contribution in [3.63, 3.8) is 0 Å². The molecule has 6 nitrogen and oxygen atoms in total. The number of fused-ring (bicyclic) bond motifs is 1. The van der Waals surface area contributed by atoms with Crippen LogP contribution in [0.4, 0.5) is 0 Å². The van der Waals surface area contributed by atoms with Gasteiger partial charge in [-0.15, -0.1) is 0 Å². The lowest BCUT2D eigenvalue weighted by molar-refractivity contribution is -0.136. The number of hydrogen-bond donors (Lipinski definition) is 1. The summed E-state index contributed by atoms with van der Waals surface area (Å²) in [6, 6.07) is 5.09. The fraction of sp³-hybridized carbons (Fsp3) is 0.389. The van der Waals surface area contributed by atoms with Crippen LogP contribution in [0.1, 0.15) is 47.2 Å². The Labute approximate surface area is 139 Å². The highest BCUT2D eigenvalue weighted by Crippen LogP contribution is 2.31. The van der Waals surface area contributed by atoms with Gasteiger partial charge in [0.25, 0.3) is 5.91 Å². The molecular weight excluding hydrogens is 308 g/mol. The zero-order valence-corrected chi connectivity index (χ0v) is 13.2. The number of nitrogens with zero attached hydrogens (tertiary/aromatic N) is 1. The molecule has 0 aliphatic carbocycles. The normalized spacial score (nSPS) is 23.5. The molecule has 0 saturated carbocycles. The molecule has 4 rings (SSSR count). The Bertz CT molecular complexity index is 768. The molecule has 3 amide bonds. The number of imide groups is 1. The molecule has 0 bridgehead atoms. The smallest absolute Gasteiger partial charge is 0.255 e. The van der Waals surface area contributed by atoms with Gasteiger partial charge in [-0.05, 0) is 43.0 Å². The summed E-state index contributed by atoms with van der Waals surface area (Å²) in [5.41, 5.74) is 2.49. The number of piperidine rings is 1. The van der Waals surface area contributed by atoms with Gasteiger partial charge in [-0.3, -0.25) is 19.7 Å². The summed E-state index contributed by atoms with van der Waals surface area (Å²) in [5, 5.41) is 2.32. The van der Waals surface area contributed by atoms with Crippen LogP contribution in [0.2, 0.25) is 0 Å². The van der Waals surface area contributed by atoms with E-state index in [9.17, 15) is 14.4 Å². The van der Waals surface area contributed by atoms with Crippen LogP contribution < -0.4 is 5.32 Å². The van der Waals surface area contributed by atoms with Gasteiger partial charge >= 0.3 is 0 Å². The van der Waals surface area contributed by atoms with Crippen molar-refractivity contribution in [3.05, 3.63) is 41.0 Å². The molecule has 1 aromatic carbocycles. The van der Waals surface area contributed by atoms with Crippen molar-refractivity contribution in [2.75, 3.05) is 6.61 Å². The third-order valence-electron chi connectivity index (χ3n) is 4.74.